The Balaban J connectivity index is 0.00000200. The molecular weight excluding hydrogens is 283 g/mol. The normalized spacial score (nSPS) is 15.3. The highest BCUT2D eigenvalue weighted by molar-refractivity contribution is 5.96. The highest BCUT2D eigenvalue weighted by Crippen LogP contribution is 2.19. The van der Waals surface area contributed by atoms with Crippen LogP contribution < -0.4 is 5.73 Å². The molecule has 0 saturated heterocycles. The smallest absolute Gasteiger partial charge is 0.257 e. The first-order valence-corrected chi connectivity index (χ1v) is 6.42. The molecule has 2 rings (SSSR count). The number of hydrogen-bond donors (Lipinski definition) is 1. The molecule has 2 heterocycles. The fraction of sp³-hybridized carbons (Fsp3) is 0.538. The minimum absolute atomic E-state index is 0. The lowest BCUT2D eigenvalue weighted by molar-refractivity contribution is 0.0688. The van der Waals surface area contributed by atoms with Crippen LogP contribution in [0.3, 0.4) is 0 Å². The van der Waals surface area contributed by atoms with E-state index in [1.54, 1.807) is 10.9 Å². The van der Waals surface area contributed by atoms with Gasteiger partial charge in [-0.1, -0.05) is 0 Å². The second-order valence-corrected chi connectivity index (χ2v) is 5.00. The van der Waals surface area contributed by atoms with Gasteiger partial charge in [0.2, 0.25) is 0 Å². The zero-order valence-corrected chi connectivity index (χ0v) is 12.5. The van der Waals surface area contributed by atoms with Crippen LogP contribution in [-0.4, -0.2) is 39.7 Å². The number of fused-ring (bicyclic) bond motifs is 1. The van der Waals surface area contributed by atoms with Crippen LogP contribution in [0, 0.1) is 0 Å². The lowest BCUT2D eigenvalue weighted by Crippen LogP contribution is -2.41. The highest BCUT2D eigenvalue weighted by atomic mass is 35.5. The fourth-order valence-electron chi connectivity index (χ4n) is 2.23. The minimum Gasteiger partial charge on any atom is -0.336 e. The maximum Gasteiger partial charge on any atom is 0.257 e. The van der Waals surface area contributed by atoms with Gasteiger partial charge in [0.1, 0.15) is 0 Å². The molecule has 0 aromatic carbocycles. The highest BCUT2D eigenvalue weighted by Gasteiger charge is 2.28. The number of amides is 1. The number of halogens is 2. The van der Waals surface area contributed by atoms with E-state index in [0.29, 0.717) is 24.0 Å². The number of carbonyl (C=O) groups is 1. The van der Waals surface area contributed by atoms with Gasteiger partial charge in [0.25, 0.3) is 5.91 Å². The van der Waals surface area contributed by atoms with Crippen LogP contribution in [0.1, 0.15) is 29.9 Å². The third kappa shape index (κ3) is 3.19. The molecule has 20 heavy (non-hydrogen) atoms. The molecule has 2 N–H and O–H groups in total. The molecule has 0 atom stereocenters. The minimum atomic E-state index is 0. The number of rotatable bonds is 4. The van der Waals surface area contributed by atoms with E-state index in [1.807, 2.05) is 18.7 Å². The van der Waals surface area contributed by atoms with Gasteiger partial charge in [-0.15, -0.1) is 12.4 Å². The Morgan fingerprint density at radius 3 is 2.85 bits per heavy atom. The lowest BCUT2D eigenvalue weighted by atomic mass is 10.1. The first kappa shape index (κ1) is 16.7. The van der Waals surface area contributed by atoms with Crippen molar-refractivity contribution in [2.45, 2.75) is 32.9 Å². The molecule has 0 saturated carbocycles. The van der Waals surface area contributed by atoms with Crippen LogP contribution in [0.4, 0.5) is 4.39 Å². The molecule has 1 aliphatic heterocycles. The summed E-state index contributed by atoms with van der Waals surface area (Å²) >= 11 is 0. The molecule has 0 fully saturated rings. The van der Waals surface area contributed by atoms with Gasteiger partial charge in [0.05, 0.1) is 24.1 Å². The van der Waals surface area contributed by atoms with E-state index in [4.69, 9.17) is 5.73 Å². The first-order valence-electron chi connectivity index (χ1n) is 6.42. The standard InChI is InChI=1S/C13H19FN4O.ClH/c1-9(2)18-4-3-12-11(13(18)19)8-17(16-12)7-10(5-14)6-15;/h5,8-9H,3-4,6-7,15H2,1-2H3;1H/b10-5+;. The Hall–Kier alpha value is -1.40. The fourth-order valence-corrected chi connectivity index (χ4v) is 2.23. The Labute approximate surface area is 124 Å². The lowest BCUT2D eigenvalue weighted by Gasteiger charge is -2.29. The van der Waals surface area contributed by atoms with Crippen molar-refractivity contribution in [1.29, 1.82) is 0 Å². The van der Waals surface area contributed by atoms with Gasteiger partial charge >= 0.3 is 0 Å². The van der Waals surface area contributed by atoms with Gasteiger partial charge in [-0.3, -0.25) is 9.48 Å². The average Bonchev–Trinajstić information content (AvgIpc) is 2.79. The summed E-state index contributed by atoms with van der Waals surface area (Å²) < 4.78 is 14.1. The van der Waals surface area contributed by atoms with Crippen molar-refractivity contribution >= 4 is 18.3 Å². The van der Waals surface area contributed by atoms with E-state index in [0.717, 1.165) is 12.1 Å². The van der Waals surface area contributed by atoms with Crippen molar-refractivity contribution in [1.82, 2.24) is 14.7 Å². The molecule has 0 bridgehead atoms. The summed E-state index contributed by atoms with van der Waals surface area (Å²) in [7, 11) is 0. The summed E-state index contributed by atoms with van der Waals surface area (Å²) in [6.07, 6.45) is 2.93. The van der Waals surface area contributed by atoms with E-state index < -0.39 is 0 Å². The second kappa shape index (κ2) is 6.85. The van der Waals surface area contributed by atoms with Gasteiger partial charge in [0, 0.05) is 31.7 Å². The van der Waals surface area contributed by atoms with Crippen LogP contribution in [0.25, 0.3) is 0 Å². The van der Waals surface area contributed by atoms with E-state index in [2.05, 4.69) is 5.10 Å². The van der Waals surface area contributed by atoms with E-state index in [9.17, 15) is 9.18 Å². The second-order valence-electron chi connectivity index (χ2n) is 5.00. The van der Waals surface area contributed by atoms with Gasteiger partial charge in [0.15, 0.2) is 0 Å². The molecule has 0 aliphatic carbocycles. The average molecular weight is 303 g/mol. The Morgan fingerprint density at radius 1 is 1.60 bits per heavy atom. The van der Waals surface area contributed by atoms with Crippen molar-refractivity contribution in [2.75, 3.05) is 13.1 Å². The molecule has 1 aromatic rings. The van der Waals surface area contributed by atoms with Gasteiger partial charge < -0.3 is 10.6 Å². The molecule has 0 unspecified atom stereocenters. The first-order chi connectivity index (χ1) is 9.06. The van der Waals surface area contributed by atoms with Crippen LogP contribution >= 0.6 is 12.4 Å². The zero-order chi connectivity index (χ0) is 14.0. The molecule has 1 amide bonds. The quantitative estimate of drug-likeness (QED) is 0.917. The number of hydrogen-bond acceptors (Lipinski definition) is 3. The summed E-state index contributed by atoms with van der Waals surface area (Å²) in [6, 6.07) is 0.175. The number of aromatic nitrogens is 2. The Morgan fingerprint density at radius 2 is 2.30 bits per heavy atom. The Bertz CT molecular complexity index is 512. The third-order valence-corrected chi connectivity index (χ3v) is 3.32. The largest absolute Gasteiger partial charge is 0.336 e. The molecule has 0 radical (unpaired) electrons. The van der Waals surface area contributed by atoms with Gasteiger partial charge in [-0.2, -0.15) is 5.10 Å². The SMILES string of the molecule is CC(C)N1CCc2nn(C/C(=C/F)CN)cc2C1=O.Cl. The predicted molar refractivity (Wildman–Crippen MR) is 77.6 cm³/mol. The van der Waals surface area contributed by atoms with Crippen LogP contribution in [-0.2, 0) is 13.0 Å². The van der Waals surface area contributed by atoms with Crippen LogP contribution in [0.5, 0.6) is 0 Å². The summed E-state index contributed by atoms with van der Waals surface area (Å²) in [5.41, 5.74) is 7.28. The van der Waals surface area contributed by atoms with Crippen molar-refractivity contribution in [3.05, 3.63) is 29.4 Å². The zero-order valence-electron chi connectivity index (χ0n) is 11.7. The summed E-state index contributed by atoms with van der Waals surface area (Å²) in [6.45, 7) is 5.10. The maximum absolute atomic E-state index is 12.5. The summed E-state index contributed by atoms with van der Waals surface area (Å²) in [5, 5.41) is 4.34. The molecule has 1 aliphatic rings. The topological polar surface area (TPSA) is 64.2 Å². The van der Waals surface area contributed by atoms with E-state index >= 15 is 0 Å². The molecule has 112 valence electrons. The molecule has 7 heteroatoms. The number of nitrogens with two attached hydrogens (primary N) is 1. The summed E-state index contributed by atoms with van der Waals surface area (Å²) in [5.74, 6) is 0.000950. The van der Waals surface area contributed by atoms with Crippen molar-refractivity contribution in [3.8, 4) is 0 Å². The molecule has 5 nitrogen and oxygen atoms in total. The predicted octanol–water partition coefficient (Wildman–Crippen LogP) is 1.52. The van der Waals surface area contributed by atoms with Crippen LogP contribution in [0.15, 0.2) is 18.1 Å². The number of nitrogens with zero attached hydrogens (tertiary/aromatic N) is 3. The van der Waals surface area contributed by atoms with Gasteiger partial charge in [-0.05, 0) is 19.4 Å². The van der Waals surface area contributed by atoms with Crippen molar-refractivity contribution < 1.29 is 9.18 Å². The van der Waals surface area contributed by atoms with Gasteiger partial charge in [-0.25, -0.2) is 4.39 Å². The molecule has 1 aromatic heterocycles. The summed E-state index contributed by atoms with van der Waals surface area (Å²) in [4.78, 5) is 14.1. The monoisotopic (exact) mass is 302 g/mol. The van der Waals surface area contributed by atoms with Crippen molar-refractivity contribution in [3.63, 3.8) is 0 Å². The molecule has 0 spiro atoms. The van der Waals surface area contributed by atoms with Crippen molar-refractivity contribution in [2.24, 2.45) is 5.73 Å². The molecular formula is C13H20ClFN4O. The maximum atomic E-state index is 12.5. The Kier molecular flexibility index (Phi) is 5.71. The van der Waals surface area contributed by atoms with E-state index in [-0.39, 0.29) is 37.4 Å². The third-order valence-electron chi connectivity index (χ3n) is 3.32. The van der Waals surface area contributed by atoms with Crippen LogP contribution in [0.2, 0.25) is 0 Å². The number of carbonyl (C=O) groups excluding carboxylic acids is 1. The van der Waals surface area contributed by atoms with E-state index in [1.165, 1.54) is 0 Å².